The number of nitrogens with zero attached hydrogens (tertiary/aromatic N) is 2. The molecule has 0 unspecified atom stereocenters. The summed E-state index contributed by atoms with van der Waals surface area (Å²) in [6.07, 6.45) is 0. The van der Waals surface area contributed by atoms with Crippen LogP contribution in [0.5, 0.6) is 0 Å². The fourth-order valence-corrected chi connectivity index (χ4v) is 0. The molecule has 2 nitrogen and oxygen atoms in total. The van der Waals surface area contributed by atoms with Crippen molar-refractivity contribution in [3.05, 3.63) is 12.7 Å². The van der Waals surface area contributed by atoms with Crippen molar-refractivity contribution in [2.45, 2.75) is 0 Å². The summed E-state index contributed by atoms with van der Waals surface area (Å²) >= 11 is 0. The molecular formula is C6H18N2W. The molecule has 0 bridgehead atoms. The second-order valence-electron chi connectivity index (χ2n) is 1.79. The van der Waals surface area contributed by atoms with Crippen LogP contribution in [0.1, 0.15) is 0 Å². The average molecular weight is 302 g/mol. The Labute approximate surface area is 74.3 Å². The maximum absolute atomic E-state index is 3.50. The Kier molecular flexibility index (Phi) is 59.0. The van der Waals surface area contributed by atoms with E-state index in [1.165, 1.54) is 0 Å². The number of rotatable bonds is 0. The predicted octanol–water partition coefficient (Wildman–Crippen LogP) is 1.25. The Morgan fingerprint density at radius 3 is 1.00 bits per heavy atom. The van der Waals surface area contributed by atoms with Crippen molar-refractivity contribution >= 4 is 0 Å². The van der Waals surface area contributed by atoms with Gasteiger partial charge in [0.05, 0.1) is 0 Å². The molecule has 0 amide bonds. The van der Waals surface area contributed by atoms with E-state index in [2.05, 4.69) is 5.32 Å². The molecule has 0 aliphatic rings. The molecule has 3 heteroatoms. The fraction of sp³-hybridized carbons (Fsp3) is 0.833. The fourth-order valence-electron chi connectivity index (χ4n) is 0. The molecule has 0 saturated carbocycles. The van der Waals surface area contributed by atoms with Gasteiger partial charge in [0.15, 0.2) is 0 Å². The van der Waals surface area contributed by atoms with Crippen LogP contribution in [0.15, 0.2) is 0 Å². The SMILES string of the molecule is CN(C)C.C[N-]C.[CH3-].[W+2]. The molecule has 0 aliphatic carbocycles. The van der Waals surface area contributed by atoms with Crippen LogP contribution in [0.3, 0.4) is 0 Å². The van der Waals surface area contributed by atoms with Crippen molar-refractivity contribution in [2.75, 3.05) is 35.2 Å². The van der Waals surface area contributed by atoms with Crippen molar-refractivity contribution < 1.29 is 21.1 Å². The first kappa shape index (κ1) is 22.6. The normalized spacial score (nSPS) is 6.00. The topological polar surface area (TPSA) is 17.3 Å². The summed E-state index contributed by atoms with van der Waals surface area (Å²) in [5, 5.41) is 3.50. The van der Waals surface area contributed by atoms with Gasteiger partial charge in [-0.25, -0.2) is 0 Å². The molecular weight excluding hydrogens is 284 g/mol. The summed E-state index contributed by atoms with van der Waals surface area (Å²) in [7, 11) is 9.50. The first-order valence-electron chi connectivity index (χ1n) is 2.24. The molecule has 0 radical (unpaired) electrons. The van der Waals surface area contributed by atoms with Gasteiger partial charge in [-0.2, -0.15) is 14.1 Å². The minimum absolute atomic E-state index is 0. The van der Waals surface area contributed by atoms with Crippen LogP contribution in [0.4, 0.5) is 0 Å². The molecule has 9 heavy (non-hydrogen) atoms. The van der Waals surface area contributed by atoms with Gasteiger partial charge in [0.2, 0.25) is 0 Å². The summed E-state index contributed by atoms with van der Waals surface area (Å²) in [6, 6.07) is 0. The maximum Gasteiger partial charge on any atom is 2.00 e. The Balaban J connectivity index is -0.0000000233. The van der Waals surface area contributed by atoms with Crippen molar-refractivity contribution in [1.82, 2.24) is 4.90 Å². The van der Waals surface area contributed by atoms with Gasteiger partial charge < -0.3 is 17.6 Å². The van der Waals surface area contributed by atoms with E-state index in [4.69, 9.17) is 0 Å². The molecule has 0 rings (SSSR count). The minimum Gasteiger partial charge on any atom is -0.668 e. The van der Waals surface area contributed by atoms with Crippen LogP contribution in [0.2, 0.25) is 0 Å². The van der Waals surface area contributed by atoms with Crippen LogP contribution in [0.25, 0.3) is 5.32 Å². The van der Waals surface area contributed by atoms with E-state index >= 15 is 0 Å². The first-order valence-corrected chi connectivity index (χ1v) is 2.24. The van der Waals surface area contributed by atoms with Gasteiger partial charge in [0, 0.05) is 0 Å². The summed E-state index contributed by atoms with van der Waals surface area (Å²) < 4.78 is 0. The second-order valence-corrected chi connectivity index (χ2v) is 1.79. The van der Waals surface area contributed by atoms with E-state index in [1.54, 1.807) is 14.1 Å². The third-order valence-corrected chi connectivity index (χ3v) is 0. The largest absolute Gasteiger partial charge is 2.00 e. The molecule has 0 aromatic rings. The third kappa shape index (κ3) is 1020. The zero-order valence-corrected chi connectivity index (χ0v) is 10.2. The summed E-state index contributed by atoms with van der Waals surface area (Å²) in [5.41, 5.74) is 0. The molecule has 0 aliphatic heterocycles. The van der Waals surface area contributed by atoms with Crippen LogP contribution in [-0.4, -0.2) is 40.1 Å². The predicted molar refractivity (Wildman–Crippen MR) is 41.2 cm³/mol. The maximum atomic E-state index is 3.50. The molecule has 58 valence electrons. The van der Waals surface area contributed by atoms with Crippen LogP contribution < -0.4 is 0 Å². The zero-order valence-electron chi connectivity index (χ0n) is 7.30. The van der Waals surface area contributed by atoms with Crippen molar-refractivity contribution in [1.29, 1.82) is 0 Å². The Morgan fingerprint density at radius 1 is 1.00 bits per heavy atom. The third-order valence-electron chi connectivity index (χ3n) is 0. The molecule has 0 atom stereocenters. The zero-order chi connectivity index (χ0) is 6.28. The van der Waals surface area contributed by atoms with E-state index in [0.717, 1.165) is 0 Å². The Bertz CT molecular complexity index is 22.3. The molecule has 0 saturated heterocycles. The van der Waals surface area contributed by atoms with Crippen LogP contribution in [-0.2, 0) is 21.1 Å². The first-order chi connectivity index (χ1) is 3.15. The van der Waals surface area contributed by atoms with Gasteiger partial charge in [-0.15, -0.1) is 0 Å². The van der Waals surface area contributed by atoms with Gasteiger partial charge in [0.1, 0.15) is 0 Å². The van der Waals surface area contributed by atoms with Crippen LogP contribution >= 0.6 is 0 Å². The minimum atomic E-state index is 0. The van der Waals surface area contributed by atoms with E-state index in [9.17, 15) is 0 Å². The Hall–Kier alpha value is 0.608. The monoisotopic (exact) mass is 302 g/mol. The van der Waals surface area contributed by atoms with Gasteiger partial charge in [0.25, 0.3) is 0 Å². The standard InChI is InChI=1S/C3H9N.C2H6N.CH3.W/c1-4(2)3;1-3-2;;/h1-3H3;1-2H3;1H3;/q;2*-1;+2. The second kappa shape index (κ2) is 23.5. The molecule has 0 heterocycles. The molecule has 0 aromatic heterocycles. The van der Waals surface area contributed by atoms with Crippen LogP contribution in [0, 0.1) is 7.43 Å². The number of hydrogen-bond acceptors (Lipinski definition) is 1. The van der Waals surface area contributed by atoms with Crippen molar-refractivity contribution in [3.63, 3.8) is 0 Å². The van der Waals surface area contributed by atoms with E-state index in [-0.39, 0.29) is 28.5 Å². The van der Waals surface area contributed by atoms with E-state index in [0.29, 0.717) is 0 Å². The molecule has 0 aromatic carbocycles. The van der Waals surface area contributed by atoms with Crippen molar-refractivity contribution in [2.24, 2.45) is 0 Å². The van der Waals surface area contributed by atoms with E-state index < -0.39 is 0 Å². The van der Waals surface area contributed by atoms with Gasteiger partial charge in [-0.1, -0.05) is 0 Å². The van der Waals surface area contributed by atoms with E-state index in [1.807, 2.05) is 26.0 Å². The molecule has 0 fully saturated rings. The molecule has 0 spiro atoms. The summed E-state index contributed by atoms with van der Waals surface area (Å²) in [4.78, 5) is 2.00. The molecule has 0 N–H and O–H groups in total. The van der Waals surface area contributed by atoms with Gasteiger partial charge >= 0.3 is 21.1 Å². The summed E-state index contributed by atoms with van der Waals surface area (Å²) in [6.45, 7) is 0. The quantitative estimate of drug-likeness (QED) is 0.616. The smallest absolute Gasteiger partial charge is 0.668 e. The van der Waals surface area contributed by atoms with Crippen molar-refractivity contribution in [3.8, 4) is 0 Å². The average Bonchev–Trinajstić information content (AvgIpc) is 1.33. The Morgan fingerprint density at radius 2 is 1.00 bits per heavy atom. The number of hydrogen-bond donors (Lipinski definition) is 0. The van der Waals surface area contributed by atoms with Gasteiger partial charge in [-0.05, 0) is 21.1 Å². The summed E-state index contributed by atoms with van der Waals surface area (Å²) in [5.74, 6) is 0. The van der Waals surface area contributed by atoms with Gasteiger partial charge in [-0.3, -0.25) is 0 Å².